The van der Waals surface area contributed by atoms with Gasteiger partial charge in [0.1, 0.15) is 0 Å². The molecule has 2 aromatic rings. The second-order valence-electron chi connectivity index (χ2n) is 7.40. The van der Waals surface area contributed by atoms with Crippen LogP contribution in [0.3, 0.4) is 0 Å². The molecule has 1 amide bonds. The molecule has 1 aromatic carbocycles. The van der Waals surface area contributed by atoms with Crippen molar-refractivity contribution in [3.63, 3.8) is 0 Å². The number of carbonyl (C=O) groups is 1. The molecule has 2 aliphatic rings. The summed E-state index contributed by atoms with van der Waals surface area (Å²) in [6.45, 7) is 7.97. The molecule has 1 atom stereocenters. The van der Waals surface area contributed by atoms with Crippen LogP contribution < -0.4 is 4.90 Å². The van der Waals surface area contributed by atoms with E-state index in [1.165, 1.54) is 11.3 Å². The molecule has 1 unspecified atom stereocenters. The van der Waals surface area contributed by atoms with Gasteiger partial charge in [-0.1, -0.05) is 18.2 Å². The van der Waals surface area contributed by atoms with Crippen molar-refractivity contribution in [1.82, 2.24) is 15.1 Å². The molecular weight excluding hydrogens is 328 g/mol. The van der Waals surface area contributed by atoms with E-state index in [4.69, 9.17) is 4.74 Å². The Balaban J connectivity index is 1.61. The van der Waals surface area contributed by atoms with Gasteiger partial charge in [0.05, 0.1) is 24.1 Å². The Labute approximate surface area is 154 Å². The van der Waals surface area contributed by atoms with Gasteiger partial charge >= 0.3 is 0 Å². The van der Waals surface area contributed by atoms with Crippen molar-refractivity contribution in [3.8, 4) is 0 Å². The van der Waals surface area contributed by atoms with Gasteiger partial charge in [0.2, 0.25) is 0 Å². The van der Waals surface area contributed by atoms with Crippen LogP contribution in [0.25, 0.3) is 0 Å². The number of rotatable bonds is 3. The molecule has 0 spiro atoms. The highest BCUT2D eigenvalue weighted by Gasteiger charge is 2.30. The van der Waals surface area contributed by atoms with Crippen molar-refractivity contribution >= 4 is 11.6 Å². The number of hydrogen-bond acceptors (Lipinski definition) is 4. The highest BCUT2D eigenvalue weighted by molar-refractivity contribution is 5.95. The zero-order valence-corrected chi connectivity index (χ0v) is 15.4. The maximum absolute atomic E-state index is 13.3. The predicted molar refractivity (Wildman–Crippen MR) is 100 cm³/mol. The number of aromatic amines is 1. The monoisotopic (exact) mass is 354 g/mol. The number of nitrogens with zero attached hydrogens (tertiary/aromatic N) is 3. The quantitative estimate of drug-likeness (QED) is 0.921. The van der Waals surface area contributed by atoms with Crippen LogP contribution >= 0.6 is 0 Å². The topological polar surface area (TPSA) is 61.5 Å². The molecule has 0 saturated carbocycles. The maximum atomic E-state index is 13.3. The first kappa shape index (κ1) is 17.1. The Hall–Kier alpha value is -2.34. The summed E-state index contributed by atoms with van der Waals surface area (Å²) in [5.41, 5.74) is 4.04. The van der Waals surface area contributed by atoms with E-state index in [2.05, 4.69) is 47.1 Å². The lowest BCUT2D eigenvalue weighted by atomic mass is 10.0. The van der Waals surface area contributed by atoms with Crippen LogP contribution in [0.15, 0.2) is 30.5 Å². The SMILES string of the molecule is CC(C)N1CCN(C(=O)c2cn[nH]c2C2CCOC2)Cc2ccccc21. The molecule has 26 heavy (non-hydrogen) atoms. The summed E-state index contributed by atoms with van der Waals surface area (Å²) in [5, 5.41) is 7.20. The minimum absolute atomic E-state index is 0.0565. The van der Waals surface area contributed by atoms with E-state index in [-0.39, 0.29) is 11.8 Å². The first-order valence-electron chi connectivity index (χ1n) is 9.40. The van der Waals surface area contributed by atoms with Crippen molar-refractivity contribution in [2.75, 3.05) is 31.2 Å². The molecule has 1 fully saturated rings. The first-order chi connectivity index (χ1) is 12.6. The summed E-state index contributed by atoms with van der Waals surface area (Å²) in [4.78, 5) is 17.6. The number of H-pyrrole nitrogens is 1. The third-order valence-corrected chi connectivity index (χ3v) is 5.42. The molecule has 6 heteroatoms. The van der Waals surface area contributed by atoms with Gasteiger partial charge in [-0.2, -0.15) is 5.10 Å². The molecule has 6 nitrogen and oxygen atoms in total. The molecular formula is C20H26N4O2. The predicted octanol–water partition coefficient (Wildman–Crippen LogP) is 2.78. The van der Waals surface area contributed by atoms with Crippen LogP contribution in [0, 0.1) is 0 Å². The van der Waals surface area contributed by atoms with Crippen LogP contribution in [-0.2, 0) is 11.3 Å². The first-order valence-corrected chi connectivity index (χ1v) is 9.40. The Morgan fingerprint density at radius 1 is 1.31 bits per heavy atom. The van der Waals surface area contributed by atoms with E-state index in [1.807, 2.05) is 11.0 Å². The number of hydrogen-bond donors (Lipinski definition) is 1. The van der Waals surface area contributed by atoms with E-state index in [1.54, 1.807) is 6.20 Å². The normalized spacial score (nSPS) is 20.3. The number of nitrogens with one attached hydrogen (secondary N) is 1. The Kier molecular flexibility index (Phi) is 4.68. The van der Waals surface area contributed by atoms with Crippen LogP contribution in [0.5, 0.6) is 0 Å². The Morgan fingerprint density at radius 2 is 2.15 bits per heavy atom. The molecule has 1 aromatic heterocycles. The average Bonchev–Trinajstić information content (AvgIpc) is 3.28. The Bertz CT molecular complexity index is 780. The van der Waals surface area contributed by atoms with Crippen molar-refractivity contribution in [1.29, 1.82) is 0 Å². The van der Waals surface area contributed by atoms with Gasteiger partial charge < -0.3 is 14.5 Å². The number of benzene rings is 1. The van der Waals surface area contributed by atoms with Gasteiger partial charge in [0.25, 0.3) is 5.91 Å². The zero-order valence-electron chi connectivity index (χ0n) is 15.4. The maximum Gasteiger partial charge on any atom is 0.257 e. The minimum atomic E-state index is 0.0565. The molecule has 4 rings (SSSR count). The fourth-order valence-electron chi connectivity index (χ4n) is 3.98. The number of fused-ring (bicyclic) bond motifs is 1. The molecule has 0 bridgehead atoms. The number of amides is 1. The molecule has 0 radical (unpaired) electrons. The standard InChI is InChI=1S/C20H26N4O2/c1-14(2)24-9-8-23(12-15-5-3-4-6-18(15)24)20(25)17-11-21-22-19(17)16-7-10-26-13-16/h3-6,11,14,16H,7-10,12-13H2,1-2H3,(H,21,22). The van der Waals surface area contributed by atoms with E-state index in [0.29, 0.717) is 31.3 Å². The van der Waals surface area contributed by atoms with Crippen LogP contribution in [0.4, 0.5) is 5.69 Å². The molecule has 0 aliphatic carbocycles. The van der Waals surface area contributed by atoms with Crippen molar-refractivity contribution in [2.45, 2.75) is 38.8 Å². The molecule has 2 aliphatic heterocycles. The highest BCUT2D eigenvalue weighted by atomic mass is 16.5. The van der Waals surface area contributed by atoms with Gasteiger partial charge in [0.15, 0.2) is 0 Å². The summed E-state index contributed by atoms with van der Waals surface area (Å²) in [6.07, 6.45) is 2.61. The highest BCUT2D eigenvalue weighted by Crippen LogP contribution is 2.30. The zero-order chi connectivity index (χ0) is 18.1. The number of para-hydroxylation sites is 1. The lowest BCUT2D eigenvalue weighted by molar-refractivity contribution is 0.0749. The summed E-state index contributed by atoms with van der Waals surface area (Å²) >= 11 is 0. The van der Waals surface area contributed by atoms with Crippen LogP contribution in [0.1, 0.15) is 47.8 Å². The largest absolute Gasteiger partial charge is 0.381 e. The minimum Gasteiger partial charge on any atom is -0.381 e. The Morgan fingerprint density at radius 3 is 2.92 bits per heavy atom. The van der Waals surface area contributed by atoms with Crippen LogP contribution in [-0.4, -0.2) is 53.3 Å². The summed E-state index contributed by atoms with van der Waals surface area (Å²) in [7, 11) is 0. The lowest BCUT2D eigenvalue weighted by Gasteiger charge is -2.28. The summed E-state index contributed by atoms with van der Waals surface area (Å²) in [6, 6.07) is 8.79. The lowest BCUT2D eigenvalue weighted by Crippen LogP contribution is -2.38. The smallest absolute Gasteiger partial charge is 0.257 e. The van der Waals surface area contributed by atoms with Crippen LogP contribution in [0.2, 0.25) is 0 Å². The third-order valence-electron chi connectivity index (χ3n) is 5.42. The summed E-state index contributed by atoms with van der Waals surface area (Å²) < 4.78 is 5.49. The molecule has 1 saturated heterocycles. The van der Waals surface area contributed by atoms with Crippen molar-refractivity contribution in [2.24, 2.45) is 0 Å². The fourth-order valence-corrected chi connectivity index (χ4v) is 3.98. The van der Waals surface area contributed by atoms with Crippen molar-refractivity contribution < 1.29 is 9.53 Å². The second kappa shape index (κ2) is 7.11. The van der Waals surface area contributed by atoms with E-state index < -0.39 is 0 Å². The second-order valence-corrected chi connectivity index (χ2v) is 7.40. The molecule has 3 heterocycles. The van der Waals surface area contributed by atoms with E-state index >= 15 is 0 Å². The summed E-state index contributed by atoms with van der Waals surface area (Å²) in [5.74, 6) is 0.295. The van der Waals surface area contributed by atoms with Gasteiger partial charge in [-0.05, 0) is 31.9 Å². The van der Waals surface area contributed by atoms with Gasteiger partial charge in [0, 0.05) is 43.9 Å². The molecule has 1 N–H and O–H groups in total. The fraction of sp³-hybridized carbons (Fsp3) is 0.500. The van der Waals surface area contributed by atoms with Crippen molar-refractivity contribution in [3.05, 3.63) is 47.3 Å². The third kappa shape index (κ3) is 3.09. The van der Waals surface area contributed by atoms with E-state index in [9.17, 15) is 4.79 Å². The average molecular weight is 354 g/mol. The number of ether oxygens (including phenoxy) is 1. The van der Waals surface area contributed by atoms with Gasteiger partial charge in [-0.15, -0.1) is 0 Å². The molecule has 138 valence electrons. The van der Waals surface area contributed by atoms with Gasteiger partial charge in [-0.3, -0.25) is 9.89 Å². The number of anilines is 1. The number of carbonyl (C=O) groups excluding carboxylic acids is 1. The van der Waals surface area contributed by atoms with E-state index in [0.717, 1.165) is 25.3 Å². The number of aromatic nitrogens is 2. The van der Waals surface area contributed by atoms with Gasteiger partial charge in [-0.25, -0.2) is 0 Å².